The standard InChI is InChI=1S/C28H28F2N2O.C4H4O4/c29-25-8-4-22(5-9-25)28(23-6-10-26(30)11-7-23)24-14-17-32(18-15-24)16-1-19-33-27-12-2-21(20-31)3-13-27;5-3(6)1-2-4(7)8/h2-13,24,28H,1,14-19H2;1-2H,(H,5,6)(H,7,8)/b;2-1+. The molecule has 0 radical (unpaired) electrons. The lowest BCUT2D eigenvalue weighted by molar-refractivity contribution is -0.134. The van der Waals surface area contributed by atoms with E-state index in [2.05, 4.69) is 11.0 Å². The van der Waals surface area contributed by atoms with E-state index in [0.29, 0.717) is 30.2 Å². The summed E-state index contributed by atoms with van der Waals surface area (Å²) in [5, 5.41) is 24.5. The van der Waals surface area contributed by atoms with E-state index in [1.807, 2.05) is 36.4 Å². The van der Waals surface area contributed by atoms with Crippen molar-refractivity contribution in [1.82, 2.24) is 4.90 Å². The lowest BCUT2D eigenvalue weighted by atomic mass is 9.76. The van der Waals surface area contributed by atoms with Crippen LogP contribution in [0.25, 0.3) is 0 Å². The van der Waals surface area contributed by atoms with Crippen molar-refractivity contribution in [3.63, 3.8) is 0 Å². The molecule has 0 aliphatic carbocycles. The van der Waals surface area contributed by atoms with Gasteiger partial charge in [0.1, 0.15) is 17.4 Å². The molecule has 0 spiro atoms. The highest BCUT2D eigenvalue weighted by molar-refractivity contribution is 5.89. The molecule has 9 heteroatoms. The van der Waals surface area contributed by atoms with Crippen LogP contribution >= 0.6 is 0 Å². The third kappa shape index (κ3) is 10.5. The SMILES string of the molecule is N#Cc1ccc(OCCCN2CCC(C(c3ccc(F)cc3)c3ccc(F)cc3)CC2)cc1.O=C(O)/C=C/C(=O)O. The van der Waals surface area contributed by atoms with Gasteiger partial charge in [-0.1, -0.05) is 24.3 Å². The van der Waals surface area contributed by atoms with Crippen molar-refractivity contribution in [1.29, 1.82) is 5.26 Å². The van der Waals surface area contributed by atoms with Crippen LogP contribution in [0, 0.1) is 28.9 Å². The summed E-state index contributed by atoms with van der Waals surface area (Å²) in [4.78, 5) is 21.6. The van der Waals surface area contributed by atoms with Gasteiger partial charge >= 0.3 is 11.9 Å². The fourth-order valence-corrected chi connectivity index (χ4v) is 4.83. The average molecular weight is 563 g/mol. The number of hydrogen-bond donors (Lipinski definition) is 2. The van der Waals surface area contributed by atoms with E-state index in [-0.39, 0.29) is 17.6 Å². The summed E-state index contributed by atoms with van der Waals surface area (Å²) in [6.07, 6.45) is 4.13. The molecule has 41 heavy (non-hydrogen) atoms. The largest absolute Gasteiger partial charge is 0.494 e. The van der Waals surface area contributed by atoms with Gasteiger partial charge in [-0.15, -0.1) is 0 Å². The summed E-state index contributed by atoms with van der Waals surface area (Å²) in [6.45, 7) is 3.61. The number of halogens is 2. The lowest BCUT2D eigenvalue weighted by Gasteiger charge is -2.36. The van der Waals surface area contributed by atoms with E-state index < -0.39 is 11.9 Å². The number of nitriles is 1. The fraction of sp³-hybridized carbons (Fsp3) is 0.281. The molecule has 1 fully saturated rings. The van der Waals surface area contributed by atoms with Gasteiger partial charge in [0.25, 0.3) is 0 Å². The number of hydrogen-bond acceptors (Lipinski definition) is 5. The Bertz CT molecular complexity index is 1270. The van der Waals surface area contributed by atoms with Crippen LogP contribution in [0.3, 0.4) is 0 Å². The third-order valence-electron chi connectivity index (χ3n) is 6.80. The molecule has 0 unspecified atom stereocenters. The number of carbonyl (C=O) groups is 2. The first-order valence-corrected chi connectivity index (χ1v) is 13.3. The zero-order valence-electron chi connectivity index (χ0n) is 22.5. The Labute approximate surface area is 237 Å². The highest BCUT2D eigenvalue weighted by Crippen LogP contribution is 2.38. The summed E-state index contributed by atoms with van der Waals surface area (Å²) in [7, 11) is 0. The van der Waals surface area contributed by atoms with Crippen LogP contribution < -0.4 is 4.74 Å². The van der Waals surface area contributed by atoms with E-state index in [1.165, 1.54) is 24.3 Å². The van der Waals surface area contributed by atoms with Crippen molar-refractivity contribution in [2.24, 2.45) is 5.92 Å². The van der Waals surface area contributed by atoms with Gasteiger partial charge in [-0.25, -0.2) is 18.4 Å². The van der Waals surface area contributed by atoms with E-state index in [9.17, 15) is 18.4 Å². The number of carboxylic acids is 2. The Hall–Kier alpha value is -4.55. The summed E-state index contributed by atoms with van der Waals surface area (Å²) in [5.74, 6) is -1.65. The van der Waals surface area contributed by atoms with Gasteiger partial charge in [-0.05, 0) is 97.9 Å². The van der Waals surface area contributed by atoms with E-state index >= 15 is 0 Å². The van der Waals surface area contributed by atoms with Gasteiger partial charge < -0.3 is 19.8 Å². The Morgan fingerprint density at radius 2 is 1.37 bits per heavy atom. The molecule has 1 aliphatic heterocycles. The number of carboxylic acid groups (broad SMARTS) is 2. The minimum absolute atomic E-state index is 0.132. The number of piperidine rings is 1. The molecule has 3 aromatic rings. The minimum Gasteiger partial charge on any atom is -0.494 e. The monoisotopic (exact) mass is 562 g/mol. The topological polar surface area (TPSA) is 111 Å². The van der Waals surface area contributed by atoms with Gasteiger partial charge in [-0.3, -0.25) is 0 Å². The quantitative estimate of drug-likeness (QED) is 0.235. The molecule has 3 aromatic carbocycles. The van der Waals surface area contributed by atoms with Crippen LogP contribution in [0.2, 0.25) is 0 Å². The summed E-state index contributed by atoms with van der Waals surface area (Å²) >= 11 is 0. The zero-order chi connectivity index (χ0) is 29.6. The normalized spacial score (nSPS) is 13.8. The van der Waals surface area contributed by atoms with Crippen LogP contribution in [-0.2, 0) is 9.59 Å². The number of nitrogens with zero attached hydrogens (tertiary/aromatic N) is 2. The molecular weight excluding hydrogens is 530 g/mol. The van der Waals surface area contributed by atoms with Crippen molar-refractivity contribution in [3.8, 4) is 11.8 Å². The lowest BCUT2D eigenvalue weighted by Crippen LogP contribution is -2.36. The molecule has 4 rings (SSSR count). The Balaban J connectivity index is 0.000000507. The number of rotatable bonds is 10. The molecule has 0 atom stereocenters. The highest BCUT2D eigenvalue weighted by atomic mass is 19.1. The summed E-state index contributed by atoms with van der Waals surface area (Å²) in [6, 6.07) is 22.8. The first-order valence-electron chi connectivity index (χ1n) is 13.3. The van der Waals surface area contributed by atoms with Crippen LogP contribution in [0.1, 0.15) is 41.9 Å². The van der Waals surface area contributed by atoms with Crippen LogP contribution in [0.5, 0.6) is 5.75 Å². The number of likely N-dealkylation sites (tertiary alicyclic amines) is 1. The van der Waals surface area contributed by atoms with Gasteiger partial charge in [0.2, 0.25) is 0 Å². The number of ether oxygens (including phenoxy) is 1. The second-order valence-corrected chi connectivity index (χ2v) is 9.61. The summed E-state index contributed by atoms with van der Waals surface area (Å²) in [5.41, 5.74) is 2.79. The van der Waals surface area contributed by atoms with Gasteiger partial charge in [0, 0.05) is 24.6 Å². The summed E-state index contributed by atoms with van der Waals surface area (Å²) < 4.78 is 32.8. The molecular formula is C32H32F2N2O5. The maximum atomic E-state index is 13.5. The van der Waals surface area contributed by atoms with E-state index in [4.69, 9.17) is 20.2 Å². The average Bonchev–Trinajstić information content (AvgIpc) is 2.98. The fourth-order valence-electron chi connectivity index (χ4n) is 4.83. The van der Waals surface area contributed by atoms with Crippen molar-refractivity contribution >= 4 is 11.9 Å². The Morgan fingerprint density at radius 3 is 1.80 bits per heavy atom. The Morgan fingerprint density at radius 1 is 0.878 bits per heavy atom. The van der Waals surface area contributed by atoms with Gasteiger partial charge in [-0.2, -0.15) is 5.26 Å². The molecule has 214 valence electrons. The number of benzene rings is 3. The highest BCUT2D eigenvalue weighted by Gasteiger charge is 2.29. The molecule has 0 amide bonds. The van der Waals surface area contributed by atoms with Gasteiger partial charge in [0.05, 0.1) is 18.2 Å². The second kappa shape index (κ2) is 15.9. The third-order valence-corrected chi connectivity index (χ3v) is 6.80. The van der Waals surface area contributed by atoms with Crippen molar-refractivity contribution in [3.05, 3.63) is 113 Å². The molecule has 1 aliphatic rings. The molecule has 7 nitrogen and oxygen atoms in total. The zero-order valence-corrected chi connectivity index (χ0v) is 22.5. The molecule has 1 saturated heterocycles. The maximum absolute atomic E-state index is 13.5. The first kappa shape index (κ1) is 31.0. The first-order chi connectivity index (χ1) is 19.7. The van der Waals surface area contributed by atoms with Crippen molar-refractivity contribution in [2.45, 2.75) is 25.2 Å². The van der Waals surface area contributed by atoms with E-state index in [1.54, 1.807) is 12.1 Å². The van der Waals surface area contributed by atoms with Crippen LogP contribution in [-0.4, -0.2) is 53.3 Å². The molecule has 1 heterocycles. The molecule has 2 N–H and O–H groups in total. The molecule has 0 aromatic heterocycles. The van der Waals surface area contributed by atoms with E-state index in [0.717, 1.165) is 55.8 Å². The second-order valence-electron chi connectivity index (χ2n) is 9.61. The minimum atomic E-state index is -1.26. The predicted molar refractivity (Wildman–Crippen MR) is 149 cm³/mol. The molecule has 0 saturated carbocycles. The van der Waals surface area contributed by atoms with Crippen molar-refractivity contribution < 1.29 is 33.3 Å². The van der Waals surface area contributed by atoms with Crippen LogP contribution in [0.4, 0.5) is 8.78 Å². The maximum Gasteiger partial charge on any atom is 0.328 e. The smallest absolute Gasteiger partial charge is 0.328 e. The predicted octanol–water partition coefficient (Wildman–Crippen LogP) is 5.86. The van der Waals surface area contributed by atoms with Crippen molar-refractivity contribution in [2.75, 3.05) is 26.2 Å². The molecule has 0 bridgehead atoms. The Kier molecular flexibility index (Phi) is 12.0. The number of aliphatic carboxylic acids is 2. The van der Waals surface area contributed by atoms with Gasteiger partial charge in [0.15, 0.2) is 0 Å². The van der Waals surface area contributed by atoms with Crippen LogP contribution in [0.15, 0.2) is 84.9 Å².